The van der Waals surface area contributed by atoms with Crippen LogP contribution >= 0.6 is 15.9 Å². The normalized spacial score (nSPS) is 38.1. The Kier molecular flexibility index (Phi) is 2.87. The lowest BCUT2D eigenvalue weighted by molar-refractivity contribution is -0.143. The van der Waals surface area contributed by atoms with Gasteiger partial charge in [0.05, 0.1) is 11.8 Å². The average molecular weight is 387 g/mol. The fourth-order valence-electron chi connectivity index (χ4n) is 4.83. The van der Waals surface area contributed by atoms with Crippen molar-refractivity contribution in [2.45, 2.75) is 6.42 Å². The average Bonchev–Trinajstić information content (AvgIpc) is 3.36. The number of hydrogen-bond donors (Lipinski definition) is 1. The quantitative estimate of drug-likeness (QED) is 0.625. The second-order valence-electron chi connectivity index (χ2n) is 7.11. The van der Waals surface area contributed by atoms with Gasteiger partial charge >= 0.3 is 0 Å². The summed E-state index contributed by atoms with van der Waals surface area (Å²) < 4.78 is 0.861. The van der Waals surface area contributed by atoms with Crippen molar-refractivity contribution in [1.29, 1.82) is 0 Å². The lowest BCUT2D eigenvalue weighted by atomic mass is 9.63. The maximum absolute atomic E-state index is 12.8. The fourth-order valence-corrected chi connectivity index (χ4v) is 5.10. The molecule has 1 aromatic rings. The van der Waals surface area contributed by atoms with Gasteiger partial charge in [-0.25, -0.2) is 0 Å². The molecule has 1 N–H and O–H groups in total. The number of carbonyl (C=O) groups excluding carboxylic acids is 3. The van der Waals surface area contributed by atoms with E-state index in [0.717, 1.165) is 15.9 Å². The van der Waals surface area contributed by atoms with Crippen LogP contribution in [0.25, 0.3) is 0 Å². The van der Waals surface area contributed by atoms with E-state index in [1.807, 2.05) is 0 Å². The first kappa shape index (κ1) is 14.4. The first-order valence-corrected chi connectivity index (χ1v) is 8.98. The maximum atomic E-state index is 12.8. The van der Waals surface area contributed by atoms with Crippen LogP contribution < -0.4 is 5.43 Å². The van der Waals surface area contributed by atoms with Crippen molar-refractivity contribution >= 4 is 33.7 Å². The molecule has 1 saturated heterocycles. The van der Waals surface area contributed by atoms with Crippen LogP contribution in [0.5, 0.6) is 0 Å². The van der Waals surface area contributed by atoms with Gasteiger partial charge in [0.2, 0.25) is 0 Å². The summed E-state index contributed by atoms with van der Waals surface area (Å²) in [6, 6.07) is 6.80. The van der Waals surface area contributed by atoms with Crippen molar-refractivity contribution in [2.75, 3.05) is 0 Å². The van der Waals surface area contributed by atoms with Gasteiger partial charge in [-0.05, 0) is 54.4 Å². The van der Waals surface area contributed by atoms with Crippen LogP contribution in [0.2, 0.25) is 0 Å². The molecule has 6 heteroatoms. The number of rotatable bonds is 2. The Labute approximate surface area is 147 Å². The highest BCUT2D eigenvalue weighted by atomic mass is 79.9. The van der Waals surface area contributed by atoms with Crippen molar-refractivity contribution in [2.24, 2.45) is 35.5 Å². The van der Waals surface area contributed by atoms with Crippen molar-refractivity contribution in [3.63, 3.8) is 0 Å². The van der Waals surface area contributed by atoms with Gasteiger partial charge in [0.15, 0.2) is 0 Å². The summed E-state index contributed by atoms with van der Waals surface area (Å²) in [7, 11) is 0. The second-order valence-corrected chi connectivity index (χ2v) is 8.03. The van der Waals surface area contributed by atoms with Crippen molar-refractivity contribution in [3.8, 4) is 0 Å². The summed E-state index contributed by atoms with van der Waals surface area (Å²) >= 11 is 3.32. The monoisotopic (exact) mass is 386 g/mol. The standard InChI is InChI=1S/C18H15BrN2O3/c19-9-3-1-8(2-4-9)16(22)20-21-17(23)14-10-5-6-11(13-7-12(10)13)15(14)18(21)24/h1-6,10-15H,7H2,(H,20,22)/t10-,11-,12-,13+,14-,15-/m1/s1. The fraction of sp³-hybridized carbons (Fsp3) is 0.389. The number of hydrogen-bond acceptors (Lipinski definition) is 3. The molecule has 122 valence electrons. The largest absolute Gasteiger partial charge is 0.272 e. The second kappa shape index (κ2) is 4.79. The van der Waals surface area contributed by atoms with Crippen molar-refractivity contribution in [3.05, 3.63) is 46.5 Å². The number of amides is 3. The lowest BCUT2D eigenvalue weighted by Gasteiger charge is -2.37. The minimum absolute atomic E-state index is 0.163. The summed E-state index contributed by atoms with van der Waals surface area (Å²) in [6.45, 7) is 0. The summed E-state index contributed by atoms with van der Waals surface area (Å²) in [5, 5.41) is 0.970. The molecule has 6 rings (SSSR count). The number of benzene rings is 1. The highest BCUT2D eigenvalue weighted by Crippen LogP contribution is 2.65. The van der Waals surface area contributed by atoms with Gasteiger partial charge in [0, 0.05) is 10.0 Å². The van der Waals surface area contributed by atoms with E-state index in [-0.39, 0.29) is 35.5 Å². The molecule has 0 aromatic heterocycles. The smallest absolute Gasteiger partial charge is 0.270 e. The first-order valence-electron chi connectivity index (χ1n) is 8.19. The number of nitrogens with zero attached hydrogens (tertiary/aromatic N) is 1. The number of imide groups is 1. The molecular formula is C18H15BrN2O3. The van der Waals surface area contributed by atoms with E-state index >= 15 is 0 Å². The van der Waals surface area contributed by atoms with E-state index in [2.05, 4.69) is 33.5 Å². The van der Waals surface area contributed by atoms with E-state index in [1.54, 1.807) is 24.3 Å². The topological polar surface area (TPSA) is 66.5 Å². The van der Waals surface area contributed by atoms with Gasteiger partial charge in [0.1, 0.15) is 0 Å². The van der Waals surface area contributed by atoms with Gasteiger partial charge < -0.3 is 0 Å². The Morgan fingerprint density at radius 3 is 2.08 bits per heavy atom. The Morgan fingerprint density at radius 2 is 1.54 bits per heavy atom. The zero-order valence-corrected chi connectivity index (χ0v) is 14.3. The van der Waals surface area contributed by atoms with E-state index in [0.29, 0.717) is 17.4 Å². The number of allylic oxidation sites excluding steroid dienone is 2. The molecule has 0 unspecified atom stereocenters. The number of halogens is 1. The Hall–Kier alpha value is -1.95. The molecule has 24 heavy (non-hydrogen) atoms. The van der Waals surface area contributed by atoms with Crippen LogP contribution in [-0.4, -0.2) is 22.7 Å². The molecule has 1 aromatic carbocycles. The molecule has 6 atom stereocenters. The van der Waals surface area contributed by atoms with Crippen LogP contribution in [0.15, 0.2) is 40.9 Å². The Morgan fingerprint density at radius 1 is 1.00 bits per heavy atom. The van der Waals surface area contributed by atoms with Crippen LogP contribution in [0.4, 0.5) is 0 Å². The molecule has 4 aliphatic carbocycles. The summed E-state index contributed by atoms with van der Waals surface area (Å²) in [5.41, 5.74) is 2.94. The van der Waals surface area contributed by atoms with Crippen LogP contribution in [0, 0.1) is 35.5 Å². The predicted molar refractivity (Wildman–Crippen MR) is 88.2 cm³/mol. The Balaban J connectivity index is 1.40. The van der Waals surface area contributed by atoms with E-state index in [9.17, 15) is 14.4 Å². The van der Waals surface area contributed by atoms with Gasteiger partial charge in [-0.15, -0.1) is 0 Å². The molecule has 3 amide bonds. The van der Waals surface area contributed by atoms with Crippen LogP contribution in [0.3, 0.4) is 0 Å². The number of nitrogens with one attached hydrogen (secondary N) is 1. The molecule has 1 heterocycles. The Bertz CT molecular complexity index is 767. The van der Waals surface area contributed by atoms with E-state index < -0.39 is 5.91 Å². The third kappa shape index (κ3) is 1.83. The summed E-state index contributed by atoms with van der Waals surface area (Å²) in [5.74, 6) is -0.0797. The molecule has 3 fully saturated rings. The lowest BCUT2D eigenvalue weighted by Crippen LogP contribution is -2.46. The molecule has 0 spiro atoms. The summed E-state index contributed by atoms with van der Waals surface area (Å²) in [6.07, 6.45) is 5.36. The highest BCUT2D eigenvalue weighted by Gasteiger charge is 2.67. The zero-order valence-electron chi connectivity index (χ0n) is 12.7. The molecule has 2 saturated carbocycles. The van der Waals surface area contributed by atoms with Crippen molar-refractivity contribution < 1.29 is 14.4 Å². The maximum Gasteiger partial charge on any atom is 0.270 e. The van der Waals surface area contributed by atoms with Gasteiger partial charge in [-0.1, -0.05) is 28.1 Å². The molecule has 2 bridgehead atoms. The summed E-state index contributed by atoms with van der Waals surface area (Å²) in [4.78, 5) is 37.9. The van der Waals surface area contributed by atoms with E-state index in [1.165, 1.54) is 0 Å². The molecule has 5 nitrogen and oxygen atoms in total. The molecule has 1 aliphatic heterocycles. The van der Waals surface area contributed by atoms with Gasteiger partial charge in [-0.2, -0.15) is 5.01 Å². The SMILES string of the molecule is O=C(NN1C(=O)[C@@H]2[C@@H]3C=C[C@H]([C@@H]4C[C@H]34)[C@H]2C1=O)c1ccc(Br)cc1. The third-order valence-corrected chi connectivity index (χ3v) is 6.51. The van der Waals surface area contributed by atoms with Crippen LogP contribution in [-0.2, 0) is 9.59 Å². The number of carbonyl (C=O) groups is 3. The first-order chi connectivity index (χ1) is 11.6. The highest BCUT2D eigenvalue weighted by molar-refractivity contribution is 9.10. The van der Waals surface area contributed by atoms with Crippen LogP contribution in [0.1, 0.15) is 16.8 Å². The van der Waals surface area contributed by atoms with E-state index in [4.69, 9.17) is 0 Å². The minimum Gasteiger partial charge on any atom is -0.272 e. The molecular weight excluding hydrogens is 372 g/mol. The number of hydrazine groups is 1. The zero-order chi connectivity index (χ0) is 16.6. The molecule has 0 radical (unpaired) electrons. The molecule has 5 aliphatic rings. The van der Waals surface area contributed by atoms with Gasteiger partial charge in [-0.3, -0.25) is 19.8 Å². The van der Waals surface area contributed by atoms with Crippen molar-refractivity contribution in [1.82, 2.24) is 10.4 Å². The minimum atomic E-state index is -0.437. The predicted octanol–water partition coefficient (Wildman–Crippen LogP) is 2.15. The van der Waals surface area contributed by atoms with Gasteiger partial charge in [0.25, 0.3) is 17.7 Å². The third-order valence-electron chi connectivity index (χ3n) is 5.98.